The van der Waals surface area contributed by atoms with Crippen molar-refractivity contribution < 1.29 is 9.59 Å². The molecule has 140 valence electrons. The van der Waals surface area contributed by atoms with E-state index < -0.39 is 0 Å². The van der Waals surface area contributed by atoms with E-state index >= 15 is 0 Å². The molecule has 2 fully saturated rings. The summed E-state index contributed by atoms with van der Waals surface area (Å²) in [6.07, 6.45) is 8.90. The predicted molar refractivity (Wildman–Crippen MR) is 101 cm³/mol. The molecule has 1 saturated heterocycles. The fourth-order valence-electron chi connectivity index (χ4n) is 4.55. The highest BCUT2D eigenvalue weighted by Gasteiger charge is 2.25. The Morgan fingerprint density at radius 1 is 0.846 bits per heavy atom. The third kappa shape index (κ3) is 3.71. The van der Waals surface area contributed by atoms with Gasteiger partial charge < -0.3 is 15.1 Å². The van der Waals surface area contributed by atoms with Crippen molar-refractivity contribution in [1.29, 1.82) is 0 Å². The highest BCUT2D eigenvalue weighted by atomic mass is 16.2. The van der Waals surface area contributed by atoms with Crippen molar-refractivity contribution >= 4 is 11.9 Å². The standard InChI is InChI=1S/C21H29N3O2/c25-20(18-10-9-16-5-3-6-17(16)15-18)23-11-4-12-24(14-13-23)21(26)22-19-7-1-2-8-19/h9-10,15,19H,1-8,11-14H2,(H,22,26). The average Bonchev–Trinajstić information content (AvgIpc) is 3.27. The first-order chi connectivity index (χ1) is 12.7. The average molecular weight is 355 g/mol. The van der Waals surface area contributed by atoms with E-state index in [1.165, 1.54) is 30.4 Å². The SMILES string of the molecule is O=C(NC1CCCC1)N1CCCN(C(=O)c2ccc3c(c2)CCC3)CC1. The van der Waals surface area contributed by atoms with Crippen LogP contribution in [-0.2, 0) is 12.8 Å². The van der Waals surface area contributed by atoms with Crippen LogP contribution in [0.25, 0.3) is 0 Å². The van der Waals surface area contributed by atoms with Crippen molar-refractivity contribution in [2.45, 2.75) is 57.4 Å². The molecular weight excluding hydrogens is 326 g/mol. The molecule has 1 N–H and O–H groups in total. The van der Waals surface area contributed by atoms with Crippen molar-refractivity contribution in [3.8, 4) is 0 Å². The summed E-state index contributed by atoms with van der Waals surface area (Å²) >= 11 is 0. The van der Waals surface area contributed by atoms with Crippen LogP contribution in [0.1, 0.15) is 60.0 Å². The van der Waals surface area contributed by atoms with Gasteiger partial charge in [0.25, 0.3) is 5.91 Å². The summed E-state index contributed by atoms with van der Waals surface area (Å²) in [6.45, 7) is 2.69. The van der Waals surface area contributed by atoms with E-state index in [0.29, 0.717) is 19.1 Å². The van der Waals surface area contributed by atoms with E-state index in [1.807, 2.05) is 15.9 Å². The summed E-state index contributed by atoms with van der Waals surface area (Å²) < 4.78 is 0. The Hall–Kier alpha value is -2.04. The van der Waals surface area contributed by atoms with Crippen LogP contribution in [0, 0.1) is 0 Å². The zero-order chi connectivity index (χ0) is 17.9. The van der Waals surface area contributed by atoms with Gasteiger partial charge in [0, 0.05) is 37.8 Å². The second-order valence-corrected chi connectivity index (χ2v) is 7.90. The number of nitrogens with zero attached hydrogens (tertiary/aromatic N) is 2. The summed E-state index contributed by atoms with van der Waals surface area (Å²) in [7, 11) is 0. The Morgan fingerprint density at radius 3 is 2.42 bits per heavy atom. The van der Waals surface area contributed by atoms with Crippen LogP contribution >= 0.6 is 0 Å². The van der Waals surface area contributed by atoms with Crippen LogP contribution in [-0.4, -0.2) is 54.0 Å². The third-order valence-corrected chi connectivity index (χ3v) is 6.10. The predicted octanol–water partition coefficient (Wildman–Crippen LogP) is 2.98. The number of hydrogen-bond acceptors (Lipinski definition) is 2. The van der Waals surface area contributed by atoms with Gasteiger partial charge in [-0.15, -0.1) is 0 Å². The Morgan fingerprint density at radius 2 is 1.58 bits per heavy atom. The maximum absolute atomic E-state index is 12.9. The highest BCUT2D eigenvalue weighted by molar-refractivity contribution is 5.94. The molecule has 0 aromatic heterocycles. The van der Waals surface area contributed by atoms with E-state index in [1.54, 1.807) is 0 Å². The molecule has 26 heavy (non-hydrogen) atoms. The van der Waals surface area contributed by atoms with Crippen LogP contribution in [0.2, 0.25) is 0 Å². The molecule has 0 radical (unpaired) electrons. The Balaban J connectivity index is 1.35. The molecule has 5 nitrogen and oxygen atoms in total. The molecular formula is C21H29N3O2. The zero-order valence-electron chi connectivity index (χ0n) is 15.5. The van der Waals surface area contributed by atoms with Gasteiger partial charge in [-0.25, -0.2) is 4.79 Å². The first-order valence-electron chi connectivity index (χ1n) is 10.2. The normalized spacial score (nSPS) is 20.8. The second-order valence-electron chi connectivity index (χ2n) is 7.90. The minimum atomic E-state index is 0.0451. The number of carbonyl (C=O) groups excluding carboxylic acids is 2. The maximum Gasteiger partial charge on any atom is 0.317 e. The summed E-state index contributed by atoms with van der Waals surface area (Å²) in [4.78, 5) is 29.2. The Labute approximate surface area is 155 Å². The van der Waals surface area contributed by atoms with Gasteiger partial charge in [0.05, 0.1) is 0 Å². The molecule has 3 amide bonds. The second kappa shape index (κ2) is 7.68. The zero-order valence-corrected chi connectivity index (χ0v) is 15.5. The van der Waals surface area contributed by atoms with Crippen molar-refractivity contribution in [3.63, 3.8) is 0 Å². The number of rotatable bonds is 2. The van der Waals surface area contributed by atoms with E-state index in [2.05, 4.69) is 17.4 Å². The van der Waals surface area contributed by atoms with Gasteiger partial charge in [-0.2, -0.15) is 0 Å². The van der Waals surface area contributed by atoms with Gasteiger partial charge in [-0.05, 0) is 61.8 Å². The maximum atomic E-state index is 12.9. The van der Waals surface area contributed by atoms with Crippen molar-refractivity contribution in [2.24, 2.45) is 0 Å². The van der Waals surface area contributed by atoms with Gasteiger partial charge >= 0.3 is 6.03 Å². The van der Waals surface area contributed by atoms with Crippen molar-refractivity contribution in [3.05, 3.63) is 34.9 Å². The van der Waals surface area contributed by atoms with Crippen LogP contribution < -0.4 is 5.32 Å². The number of aryl methyl sites for hydroxylation is 2. The van der Waals surface area contributed by atoms with Gasteiger partial charge in [-0.3, -0.25) is 4.79 Å². The molecule has 0 atom stereocenters. The quantitative estimate of drug-likeness (QED) is 0.887. The molecule has 1 aromatic rings. The molecule has 3 aliphatic rings. The first kappa shape index (κ1) is 17.4. The number of urea groups is 1. The number of fused-ring (bicyclic) bond motifs is 1. The van der Waals surface area contributed by atoms with Gasteiger partial charge in [0.1, 0.15) is 0 Å². The lowest BCUT2D eigenvalue weighted by molar-refractivity contribution is 0.0762. The number of hydrogen-bond donors (Lipinski definition) is 1. The van der Waals surface area contributed by atoms with Crippen LogP contribution in [0.15, 0.2) is 18.2 Å². The van der Waals surface area contributed by atoms with Crippen LogP contribution in [0.3, 0.4) is 0 Å². The molecule has 1 aromatic carbocycles. The number of benzene rings is 1. The Kier molecular flexibility index (Phi) is 5.14. The molecule has 5 heteroatoms. The van der Waals surface area contributed by atoms with Gasteiger partial charge in [0.15, 0.2) is 0 Å². The number of carbonyl (C=O) groups is 2. The van der Waals surface area contributed by atoms with E-state index in [4.69, 9.17) is 0 Å². The third-order valence-electron chi connectivity index (χ3n) is 6.10. The summed E-state index contributed by atoms with van der Waals surface area (Å²) in [6, 6.07) is 6.57. The number of amides is 3. The Bertz CT molecular complexity index is 682. The van der Waals surface area contributed by atoms with Crippen molar-refractivity contribution in [1.82, 2.24) is 15.1 Å². The van der Waals surface area contributed by atoms with E-state index in [0.717, 1.165) is 50.8 Å². The number of nitrogens with one attached hydrogen (secondary N) is 1. The first-order valence-corrected chi connectivity index (χ1v) is 10.2. The molecule has 1 aliphatic heterocycles. The summed E-state index contributed by atoms with van der Waals surface area (Å²) in [5.74, 6) is 0.109. The van der Waals surface area contributed by atoms with Crippen molar-refractivity contribution in [2.75, 3.05) is 26.2 Å². The molecule has 1 heterocycles. The fraction of sp³-hybridized carbons (Fsp3) is 0.619. The fourth-order valence-corrected chi connectivity index (χ4v) is 4.55. The molecule has 1 saturated carbocycles. The summed E-state index contributed by atoms with van der Waals surface area (Å²) in [5.41, 5.74) is 3.53. The molecule has 0 unspecified atom stereocenters. The van der Waals surface area contributed by atoms with E-state index in [9.17, 15) is 9.59 Å². The van der Waals surface area contributed by atoms with Crippen LogP contribution in [0.5, 0.6) is 0 Å². The summed E-state index contributed by atoms with van der Waals surface area (Å²) in [5, 5.41) is 3.16. The van der Waals surface area contributed by atoms with Gasteiger partial charge in [0.2, 0.25) is 0 Å². The highest BCUT2D eigenvalue weighted by Crippen LogP contribution is 2.24. The van der Waals surface area contributed by atoms with E-state index in [-0.39, 0.29) is 11.9 Å². The topological polar surface area (TPSA) is 52.7 Å². The lowest BCUT2D eigenvalue weighted by Crippen LogP contribution is -2.45. The lowest BCUT2D eigenvalue weighted by Gasteiger charge is -2.24. The minimum absolute atomic E-state index is 0.0451. The lowest BCUT2D eigenvalue weighted by atomic mass is 10.1. The molecule has 0 spiro atoms. The smallest absolute Gasteiger partial charge is 0.317 e. The molecule has 2 aliphatic carbocycles. The molecule has 0 bridgehead atoms. The van der Waals surface area contributed by atoms with Crippen LogP contribution in [0.4, 0.5) is 4.79 Å². The molecule has 4 rings (SSSR count). The monoisotopic (exact) mass is 355 g/mol. The minimum Gasteiger partial charge on any atom is -0.337 e. The largest absolute Gasteiger partial charge is 0.337 e. The van der Waals surface area contributed by atoms with Gasteiger partial charge in [-0.1, -0.05) is 18.9 Å².